The highest BCUT2D eigenvalue weighted by molar-refractivity contribution is 5.51. The van der Waals surface area contributed by atoms with E-state index in [0.29, 0.717) is 11.6 Å². The number of hydrogen-bond donors (Lipinski definition) is 2. The Morgan fingerprint density at radius 2 is 2.38 bits per heavy atom. The summed E-state index contributed by atoms with van der Waals surface area (Å²) in [7, 11) is 0. The predicted molar refractivity (Wildman–Crippen MR) is 56.3 cm³/mol. The maximum absolute atomic E-state index is 8.86. The summed E-state index contributed by atoms with van der Waals surface area (Å²) in [6.45, 7) is 1.68. The summed E-state index contributed by atoms with van der Waals surface area (Å²) in [4.78, 5) is 8.23. The molecule has 0 amide bonds. The Labute approximate surface area is 92.1 Å². The van der Waals surface area contributed by atoms with E-state index in [4.69, 9.17) is 15.4 Å². The van der Waals surface area contributed by atoms with Crippen molar-refractivity contribution in [1.29, 1.82) is 0 Å². The number of nitrogens with two attached hydrogens (primary N) is 1. The lowest BCUT2D eigenvalue weighted by Crippen LogP contribution is -2.15. The van der Waals surface area contributed by atoms with Crippen LogP contribution in [0.2, 0.25) is 0 Å². The van der Waals surface area contributed by atoms with Crippen molar-refractivity contribution in [1.82, 2.24) is 15.1 Å². The fourth-order valence-electron chi connectivity index (χ4n) is 1.27. The molecule has 0 radical (unpaired) electrons. The first-order valence-electron chi connectivity index (χ1n) is 4.84. The Bertz CT molecular complexity index is 483. The maximum Gasteiger partial charge on any atom is 0.276 e. The standard InChI is InChI=1S/C10H12N4O2/c1-6-3-2-4-12-8(6)10-13-9(14-16-10)7(11)5-15/h2-4,7,15H,5,11H2,1H3. The van der Waals surface area contributed by atoms with E-state index >= 15 is 0 Å². The molecule has 84 valence electrons. The molecule has 2 aromatic heterocycles. The highest BCUT2D eigenvalue weighted by Crippen LogP contribution is 2.19. The number of aromatic nitrogens is 3. The summed E-state index contributed by atoms with van der Waals surface area (Å²) < 4.78 is 5.04. The topological polar surface area (TPSA) is 98.1 Å². The van der Waals surface area contributed by atoms with E-state index in [9.17, 15) is 0 Å². The molecule has 0 bridgehead atoms. The van der Waals surface area contributed by atoms with Gasteiger partial charge in [0.05, 0.1) is 12.6 Å². The highest BCUT2D eigenvalue weighted by atomic mass is 16.5. The fraction of sp³-hybridized carbons (Fsp3) is 0.300. The molecule has 0 fully saturated rings. The summed E-state index contributed by atoms with van der Waals surface area (Å²) in [6.07, 6.45) is 1.65. The Kier molecular flexibility index (Phi) is 2.93. The molecule has 1 atom stereocenters. The molecule has 0 spiro atoms. The Morgan fingerprint density at radius 3 is 3.06 bits per heavy atom. The summed E-state index contributed by atoms with van der Waals surface area (Å²) in [5.41, 5.74) is 7.14. The van der Waals surface area contributed by atoms with Crippen molar-refractivity contribution >= 4 is 0 Å². The van der Waals surface area contributed by atoms with Gasteiger partial charge < -0.3 is 15.4 Å². The fourth-order valence-corrected chi connectivity index (χ4v) is 1.27. The van der Waals surface area contributed by atoms with E-state index in [2.05, 4.69) is 15.1 Å². The van der Waals surface area contributed by atoms with Crippen LogP contribution in [0.5, 0.6) is 0 Å². The van der Waals surface area contributed by atoms with E-state index in [1.807, 2.05) is 19.1 Å². The maximum atomic E-state index is 8.86. The van der Waals surface area contributed by atoms with Gasteiger partial charge in [0.25, 0.3) is 5.89 Å². The minimum absolute atomic E-state index is 0.222. The zero-order valence-corrected chi connectivity index (χ0v) is 8.79. The van der Waals surface area contributed by atoms with Crippen LogP contribution in [0.15, 0.2) is 22.9 Å². The minimum Gasteiger partial charge on any atom is -0.394 e. The first-order valence-corrected chi connectivity index (χ1v) is 4.84. The molecule has 3 N–H and O–H groups in total. The molecule has 6 heteroatoms. The van der Waals surface area contributed by atoms with Gasteiger partial charge in [-0.2, -0.15) is 4.98 Å². The van der Waals surface area contributed by atoms with Gasteiger partial charge in [-0.05, 0) is 18.6 Å². The SMILES string of the molecule is Cc1cccnc1-c1nc(C(N)CO)no1. The highest BCUT2D eigenvalue weighted by Gasteiger charge is 2.16. The van der Waals surface area contributed by atoms with Crippen LogP contribution in [0.4, 0.5) is 0 Å². The smallest absolute Gasteiger partial charge is 0.276 e. The van der Waals surface area contributed by atoms with Gasteiger partial charge in [0.2, 0.25) is 0 Å². The molecule has 2 aromatic rings. The number of rotatable bonds is 3. The normalized spacial score (nSPS) is 12.7. The van der Waals surface area contributed by atoms with Crippen LogP contribution < -0.4 is 5.73 Å². The van der Waals surface area contributed by atoms with Gasteiger partial charge in [-0.1, -0.05) is 11.2 Å². The van der Waals surface area contributed by atoms with Crippen LogP contribution in [0.3, 0.4) is 0 Å². The lowest BCUT2D eigenvalue weighted by Gasteiger charge is -1.99. The van der Waals surface area contributed by atoms with Gasteiger partial charge in [-0.25, -0.2) is 0 Å². The van der Waals surface area contributed by atoms with Gasteiger partial charge in [0.1, 0.15) is 5.69 Å². The molecular formula is C10H12N4O2. The molecule has 6 nitrogen and oxygen atoms in total. The van der Waals surface area contributed by atoms with Crippen molar-refractivity contribution in [2.24, 2.45) is 5.73 Å². The van der Waals surface area contributed by atoms with E-state index in [1.54, 1.807) is 6.20 Å². The number of aliphatic hydroxyl groups excluding tert-OH is 1. The van der Waals surface area contributed by atoms with Crippen molar-refractivity contribution in [3.05, 3.63) is 29.7 Å². The average Bonchev–Trinajstić information content (AvgIpc) is 2.78. The van der Waals surface area contributed by atoms with E-state index in [-0.39, 0.29) is 12.4 Å². The predicted octanol–water partition coefficient (Wildman–Crippen LogP) is 0.432. The van der Waals surface area contributed by atoms with Crippen LogP contribution in [-0.4, -0.2) is 26.8 Å². The minimum atomic E-state index is -0.624. The molecule has 0 saturated heterocycles. The Balaban J connectivity index is 2.35. The lowest BCUT2D eigenvalue weighted by molar-refractivity contribution is 0.260. The second kappa shape index (κ2) is 4.38. The number of aliphatic hydroxyl groups is 1. The number of nitrogens with zero attached hydrogens (tertiary/aromatic N) is 3. The second-order valence-electron chi connectivity index (χ2n) is 3.42. The Morgan fingerprint density at radius 1 is 1.56 bits per heavy atom. The summed E-state index contributed by atoms with van der Waals surface area (Å²) >= 11 is 0. The molecule has 0 aliphatic carbocycles. The van der Waals surface area contributed by atoms with Crippen LogP contribution in [0.1, 0.15) is 17.4 Å². The third-order valence-corrected chi connectivity index (χ3v) is 2.18. The summed E-state index contributed by atoms with van der Waals surface area (Å²) in [5.74, 6) is 0.597. The van der Waals surface area contributed by atoms with Crippen molar-refractivity contribution in [3.63, 3.8) is 0 Å². The molecule has 0 saturated carbocycles. The van der Waals surface area contributed by atoms with E-state index < -0.39 is 6.04 Å². The molecule has 2 heterocycles. The van der Waals surface area contributed by atoms with E-state index in [1.165, 1.54) is 0 Å². The van der Waals surface area contributed by atoms with Crippen LogP contribution >= 0.6 is 0 Å². The first-order chi connectivity index (χ1) is 7.72. The van der Waals surface area contributed by atoms with Gasteiger partial charge in [-0.3, -0.25) is 4.98 Å². The monoisotopic (exact) mass is 220 g/mol. The molecule has 0 aromatic carbocycles. The molecule has 1 unspecified atom stereocenters. The van der Waals surface area contributed by atoms with Crippen LogP contribution in [0, 0.1) is 6.92 Å². The quantitative estimate of drug-likeness (QED) is 0.778. The van der Waals surface area contributed by atoms with Crippen molar-refractivity contribution < 1.29 is 9.63 Å². The van der Waals surface area contributed by atoms with Crippen molar-refractivity contribution in [2.45, 2.75) is 13.0 Å². The van der Waals surface area contributed by atoms with Crippen molar-refractivity contribution in [3.8, 4) is 11.6 Å². The third-order valence-electron chi connectivity index (χ3n) is 2.18. The lowest BCUT2D eigenvalue weighted by atomic mass is 10.2. The molecule has 16 heavy (non-hydrogen) atoms. The largest absolute Gasteiger partial charge is 0.394 e. The van der Waals surface area contributed by atoms with Gasteiger partial charge in [-0.15, -0.1) is 0 Å². The summed E-state index contributed by atoms with van der Waals surface area (Å²) in [6, 6.07) is 3.11. The first kappa shape index (κ1) is 10.7. The number of hydrogen-bond acceptors (Lipinski definition) is 6. The molecule has 0 aliphatic rings. The molecular weight excluding hydrogens is 208 g/mol. The van der Waals surface area contributed by atoms with Crippen molar-refractivity contribution in [2.75, 3.05) is 6.61 Å². The summed E-state index contributed by atoms with van der Waals surface area (Å²) in [5, 5.41) is 12.6. The van der Waals surface area contributed by atoms with E-state index in [0.717, 1.165) is 5.56 Å². The molecule has 2 rings (SSSR count). The van der Waals surface area contributed by atoms with Gasteiger partial charge in [0.15, 0.2) is 5.82 Å². The van der Waals surface area contributed by atoms with Gasteiger partial charge in [0, 0.05) is 6.20 Å². The average molecular weight is 220 g/mol. The number of pyridine rings is 1. The van der Waals surface area contributed by atoms with Crippen LogP contribution in [0.25, 0.3) is 11.6 Å². The van der Waals surface area contributed by atoms with Gasteiger partial charge >= 0.3 is 0 Å². The van der Waals surface area contributed by atoms with Crippen LogP contribution in [-0.2, 0) is 0 Å². The zero-order valence-electron chi connectivity index (χ0n) is 8.79. The number of aryl methyl sites for hydroxylation is 1. The Hall–Kier alpha value is -1.79. The second-order valence-corrected chi connectivity index (χ2v) is 3.42. The third kappa shape index (κ3) is 1.93. The molecule has 0 aliphatic heterocycles. The zero-order chi connectivity index (χ0) is 11.5.